The van der Waals surface area contributed by atoms with Crippen LogP contribution < -0.4 is 21.7 Å². The normalized spacial score (nSPS) is 14.2. The van der Waals surface area contributed by atoms with E-state index in [1.165, 1.54) is 11.8 Å². The molecule has 0 fully saturated rings. The number of carboxylic acid groups (broad SMARTS) is 1. The first-order valence-corrected chi connectivity index (χ1v) is 10.1. The highest BCUT2D eigenvalue weighted by Gasteiger charge is 2.25. The fourth-order valence-corrected chi connectivity index (χ4v) is 2.52. The number of hydrogen-bond acceptors (Lipinski definition) is 7. The van der Waals surface area contributed by atoms with Crippen molar-refractivity contribution in [1.82, 2.24) is 16.0 Å². The smallest absolute Gasteiger partial charge is 0.327 e. The van der Waals surface area contributed by atoms with Crippen LogP contribution in [0.15, 0.2) is 0 Å². The lowest BCUT2D eigenvalue weighted by Crippen LogP contribution is -2.54. The molecule has 0 saturated carbocycles. The van der Waals surface area contributed by atoms with Gasteiger partial charge in [-0.1, -0.05) is 13.8 Å². The van der Waals surface area contributed by atoms with Crippen molar-refractivity contribution in [3.63, 3.8) is 0 Å². The molecular formula is C15H28N4O5S2. The summed E-state index contributed by atoms with van der Waals surface area (Å²) in [7, 11) is 0. The van der Waals surface area contributed by atoms with E-state index in [1.807, 2.05) is 6.26 Å². The van der Waals surface area contributed by atoms with Crippen LogP contribution in [0.5, 0.6) is 0 Å². The third kappa shape index (κ3) is 9.30. The van der Waals surface area contributed by atoms with Gasteiger partial charge in [-0.15, -0.1) is 0 Å². The Morgan fingerprint density at radius 1 is 1.12 bits per heavy atom. The number of rotatable bonds is 12. The summed E-state index contributed by atoms with van der Waals surface area (Å²) in [5.74, 6) is -2.38. The highest BCUT2D eigenvalue weighted by molar-refractivity contribution is 7.98. The molecule has 0 saturated heterocycles. The van der Waals surface area contributed by atoms with Crippen LogP contribution in [-0.2, 0) is 19.2 Å². The first-order chi connectivity index (χ1) is 12.1. The Morgan fingerprint density at radius 3 is 2.19 bits per heavy atom. The lowest BCUT2D eigenvalue weighted by atomic mass is 10.0. The molecule has 0 spiro atoms. The monoisotopic (exact) mass is 408 g/mol. The average Bonchev–Trinajstić information content (AvgIpc) is 2.59. The summed E-state index contributed by atoms with van der Waals surface area (Å²) in [5, 5.41) is 16.1. The Balaban J connectivity index is 4.70. The lowest BCUT2D eigenvalue weighted by Gasteiger charge is -2.22. The summed E-state index contributed by atoms with van der Waals surface area (Å²) in [6.07, 6.45) is 2.24. The molecule has 0 aliphatic carbocycles. The van der Waals surface area contributed by atoms with Crippen LogP contribution >= 0.6 is 24.4 Å². The standard InChI is InChI=1S/C15H28N4O5S2/c1-8(2)12(16)14(22)19-9(4-5-26-3)13(21)17-6-11(20)18-10(7-25)15(23)24/h8-10,12,25H,4-7,16H2,1-3H3,(H,17,21)(H,18,20)(H,19,22)(H,23,24). The predicted molar refractivity (Wildman–Crippen MR) is 104 cm³/mol. The Labute approximate surface area is 163 Å². The van der Waals surface area contributed by atoms with Crippen LogP contribution in [0.4, 0.5) is 0 Å². The van der Waals surface area contributed by atoms with Crippen molar-refractivity contribution in [1.29, 1.82) is 0 Å². The van der Waals surface area contributed by atoms with Crippen LogP contribution in [0.25, 0.3) is 0 Å². The van der Waals surface area contributed by atoms with Crippen LogP contribution in [0.2, 0.25) is 0 Å². The fourth-order valence-electron chi connectivity index (χ4n) is 1.80. The van der Waals surface area contributed by atoms with Crippen molar-refractivity contribution in [3.8, 4) is 0 Å². The van der Waals surface area contributed by atoms with Crippen molar-refractivity contribution < 1.29 is 24.3 Å². The quantitative estimate of drug-likeness (QED) is 0.223. The van der Waals surface area contributed by atoms with Crippen molar-refractivity contribution >= 4 is 48.1 Å². The average molecular weight is 409 g/mol. The van der Waals surface area contributed by atoms with E-state index in [0.717, 1.165) is 0 Å². The number of thiol groups is 1. The van der Waals surface area contributed by atoms with Crippen molar-refractivity contribution in [3.05, 3.63) is 0 Å². The van der Waals surface area contributed by atoms with Gasteiger partial charge in [0.1, 0.15) is 12.1 Å². The van der Waals surface area contributed by atoms with Gasteiger partial charge in [-0.25, -0.2) is 4.79 Å². The first kappa shape index (κ1) is 24.5. The highest BCUT2D eigenvalue weighted by Crippen LogP contribution is 2.04. The number of carboxylic acids is 1. The van der Waals surface area contributed by atoms with E-state index >= 15 is 0 Å². The maximum atomic E-state index is 12.3. The SMILES string of the molecule is CSCCC(NC(=O)C(N)C(C)C)C(=O)NCC(=O)NC(CS)C(=O)O. The van der Waals surface area contributed by atoms with E-state index in [9.17, 15) is 19.2 Å². The Hall–Kier alpha value is -1.46. The molecule has 0 aliphatic rings. The second kappa shape index (κ2) is 12.8. The van der Waals surface area contributed by atoms with E-state index < -0.39 is 48.4 Å². The van der Waals surface area contributed by atoms with Crippen molar-refractivity contribution in [2.24, 2.45) is 11.7 Å². The fraction of sp³-hybridized carbons (Fsp3) is 0.733. The molecule has 0 rings (SSSR count). The largest absolute Gasteiger partial charge is 0.480 e. The Bertz CT molecular complexity index is 504. The lowest BCUT2D eigenvalue weighted by molar-refractivity contribution is -0.141. The van der Waals surface area contributed by atoms with Gasteiger partial charge >= 0.3 is 5.97 Å². The molecule has 150 valence electrons. The number of aliphatic carboxylic acids is 1. The summed E-state index contributed by atoms with van der Waals surface area (Å²) >= 11 is 5.35. The Kier molecular flexibility index (Phi) is 12.1. The minimum Gasteiger partial charge on any atom is -0.480 e. The first-order valence-electron chi connectivity index (χ1n) is 8.09. The summed E-state index contributed by atoms with van der Waals surface area (Å²) in [4.78, 5) is 47.0. The van der Waals surface area contributed by atoms with Gasteiger partial charge in [0.15, 0.2) is 0 Å². The number of nitrogens with two attached hydrogens (primary N) is 1. The van der Waals surface area contributed by atoms with Crippen LogP contribution in [0.1, 0.15) is 20.3 Å². The molecule has 0 radical (unpaired) electrons. The zero-order valence-electron chi connectivity index (χ0n) is 15.2. The molecule has 0 bridgehead atoms. The van der Waals surface area contributed by atoms with Gasteiger partial charge in [0.05, 0.1) is 12.6 Å². The van der Waals surface area contributed by atoms with Gasteiger partial charge in [0, 0.05) is 5.75 Å². The summed E-state index contributed by atoms with van der Waals surface area (Å²) in [6, 6.07) is -2.71. The highest BCUT2D eigenvalue weighted by atomic mass is 32.2. The predicted octanol–water partition coefficient (Wildman–Crippen LogP) is -1.18. The maximum absolute atomic E-state index is 12.3. The minimum absolute atomic E-state index is 0.0749. The Morgan fingerprint density at radius 2 is 1.73 bits per heavy atom. The van der Waals surface area contributed by atoms with Gasteiger partial charge in [0.25, 0.3) is 0 Å². The number of carbonyl (C=O) groups is 4. The third-order valence-corrected chi connectivity index (χ3v) is 4.51. The van der Waals surface area contributed by atoms with Gasteiger partial charge in [-0.3, -0.25) is 14.4 Å². The minimum atomic E-state index is -1.22. The molecule has 3 unspecified atom stereocenters. The molecule has 0 aromatic carbocycles. The van der Waals surface area contributed by atoms with E-state index in [0.29, 0.717) is 12.2 Å². The molecule has 0 aromatic rings. The molecule has 0 heterocycles. The van der Waals surface area contributed by atoms with Gasteiger partial charge in [-0.2, -0.15) is 24.4 Å². The van der Waals surface area contributed by atoms with Crippen molar-refractivity contribution in [2.75, 3.05) is 24.3 Å². The second-order valence-electron chi connectivity index (χ2n) is 5.97. The maximum Gasteiger partial charge on any atom is 0.327 e. The molecule has 9 nitrogen and oxygen atoms in total. The molecule has 3 amide bonds. The molecule has 6 N–H and O–H groups in total. The van der Waals surface area contributed by atoms with E-state index in [4.69, 9.17) is 10.8 Å². The summed E-state index contributed by atoms with van der Waals surface area (Å²) in [5.41, 5.74) is 5.78. The second-order valence-corrected chi connectivity index (χ2v) is 7.32. The van der Waals surface area contributed by atoms with Crippen molar-refractivity contribution in [2.45, 2.75) is 38.4 Å². The molecule has 0 aliphatic heterocycles. The molecule has 26 heavy (non-hydrogen) atoms. The van der Waals surface area contributed by atoms with E-state index in [2.05, 4.69) is 28.6 Å². The van der Waals surface area contributed by atoms with Crippen LogP contribution in [-0.4, -0.2) is 71.2 Å². The number of carbonyl (C=O) groups excluding carboxylic acids is 3. The molecular weight excluding hydrogens is 380 g/mol. The topological polar surface area (TPSA) is 151 Å². The third-order valence-electron chi connectivity index (χ3n) is 3.50. The molecule has 11 heteroatoms. The van der Waals surface area contributed by atoms with Crippen LogP contribution in [0.3, 0.4) is 0 Å². The summed E-state index contributed by atoms with van der Waals surface area (Å²) < 4.78 is 0. The van der Waals surface area contributed by atoms with Crippen LogP contribution in [0, 0.1) is 5.92 Å². The number of hydrogen-bond donors (Lipinski definition) is 6. The molecule has 3 atom stereocenters. The van der Waals surface area contributed by atoms with Gasteiger partial charge < -0.3 is 26.8 Å². The zero-order valence-corrected chi connectivity index (χ0v) is 16.9. The van der Waals surface area contributed by atoms with E-state index in [-0.39, 0.29) is 11.7 Å². The zero-order chi connectivity index (χ0) is 20.3. The number of amides is 3. The van der Waals surface area contributed by atoms with E-state index in [1.54, 1.807) is 13.8 Å². The summed E-state index contributed by atoms with van der Waals surface area (Å²) in [6.45, 7) is 3.19. The number of nitrogens with one attached hydrogen (secondary N) is 3. The van der Waals surface area contributed by atoms with Gasteiger partial charge in [0.2, 0.25) is 17.7 Å². The number of thioether (sulfide) groups is 1. The molecule has 0 aromatic heterocycles. The van der Waals surface area contributed by atoms with Gasteiger partial charge in [-0.05, 0) is 24.3 Å².